The molecule has 23 heavy (non-hydrogen) atoms. The fourth-order valence-electron chi connectivity index (χ4n) is 2.95. The smallest absolute Gasteiger partial charge is 0.209 e. The van der Waals surface area contributed by atoms with Crippen LogP contribution in [0.1, 0.15) is 42.8 Å². The molecule has 1 aliphatic rings. The lowest BCUT2D eigenvalue weighted by Crippen LogP contribution is -2.21. The van der Waals surface area contributed by atoms with Gasteiger partial charge in [0, 0.05) is 41.5 Å². The predicted molar refractivity (Wildman–Crippen MR) is 97.7 cm³/mol. The Hall–Kier alpha value is -1.88. The molecule has 1 aromatic heterocycles. The van der Waals surface area contributed by atoms with Crippen LogP contribution < -0.4 is 4.90 Å². The van der Waals surface area contributed by atoms with Crippen LogP contribution in [0.5, 0.6) is 5.75 Å². The summed E-state index contributed by atoms with van der Waals surface area (Å²) in [6, 6.07) is 5.75. The molecule has 4 nitrogen and oxygen atoms in total. The summed E-state index contributed by atoms with van der Waals surface area (Å²) in [5.41, 5.74) is 2.98. The highest BCUT2D eigenvalue weighted by Gasteiger charge is 2.14. The number of fused-ring (bicyclic) bond motifs is 1. The summed E-state index contributed by atoms with van der Waals surface area (Å²) in [5, 5.41) is 11.0. The largest absolute Gasteiger partial charge is 0.507 e. The van der Waals surface area contributed by atoms with Crippen LogP contribution in [0.4, 0.5) is 10.8 Å². The zero-order valence-electron chi connectivity index (χ0n) is 13.7. The second-order valence-corrected chi connectivity index (χ2v) is 6.81. The van der Waals surface area contributed by atoms with Crippen LogP contribution in [-0.4, -0.2) is 29.4 Å². The summed E-state index contributed by atoms with van der Waals surface area (Å²) in [6.07, 6.45) is 6.41. The van der Waals surface area contributed by atoms with Crippen molar-refractivity contribution in [2.24, 2.45) is 4.99 Å². The van der Waals surface area contributed by atoms with Crippen LogP contribution in [0.25, 0.3) is 0 Å². The van der Waals surface area contributed by atoms with Crippen molar-refractivity contribution in [3.8, 4) is 5.75 Å². The third kappa shape index (κ3) is 3.55. The highest BCUT2D eigenvalue weighted by atomic mass is 32.1. The molecule has 1 N–H and O–H groups in total. The zero-order valence-corrected chi connectivity index (χ0v) is 14.6. The summed E-state index contributed by atoms with van der Waals surface area (Å²) >= 11 is 1.68. The topological polar surface area (TPSA) is 48.7 Å². The molecule has 0 spiro atoms. The van der Waals surface area contributed by atoms with E-state index in [1.807, 2.05) is 12.1 Å². The highest BCUT2D eigenvalue weighted by Crippen LogP contribution is 2.31. The number of hydrogen-bond donors (Lipinski definition) is 1. The molecule has 0 amide bonds. The van der Waals surface area contributed by atoms with Gasteiger partial charge in [0.25, 0.3) is 0 Å². The van der Waals surface area contributed by atoms with Gasteiger partial charge in [-0.1, -0.05) is 11.3 Å². The van der Waals surface area contributed by atoms with Crippen LogP contribution in [-0.2, 0) is 12.8 Å². The van der Waals surface area contributed by atoms with E-state index >= 15 is 0 Å². The number of phenols is 1. The van der Waals surface area contributed by atoms with E-state index in [-0.39, 0.29) is 5.75 Å². The maximum atomic E-state index is 10.2. The highest BCUT2D eigenvalue weighted by molar-refractivity contribution is 7.15. The molecule has 1 heterocycles. The SMILES string of the molecule is CCN(CC)c1ccc(/C=N/c2nc3c(s2)CCCC3)c(O)c1. The van der Waals surface area contributed by atoms with Crippen molar-refractivity contribution in [3.63, 3.8) is 0 Å². The normalized spacial score (nSPS) is 14.2. The van der Waals surface area contributed by atoms with Gasteiger partial charge in [0.05, 0.1) is 5.69 Å². The molecule has 0 fully saturated rings. The molecule has 1 aromatic carbocycles. The molecule has 2 aromatic rings. The molecule has 0 bridgehead atoms. The quantitative estimate of drug-likeness (QED) is 0.831. The van der Waals surface area contributed by atoms with E-state index in [1.54, 1.807) is 23.6 Å². The van der Waals surface area contributed by atoms with Crippen molar-refractivity contribution in [3.05, 3.63) is 34.3 Å². The molecule has 1 aliphatic carbocycles. The Morgan fingerprint density at radius 1 is 1.26 bits per heavy atom. The number of anilines is 1. The van der Waals surface area contributed by atoms with Crippen molar-refractivity contribution in [1.82, 2.24) is 4.98 Å². The number of aryl methyl sites for hydroxylation is 2. The summed E-state index contributed by atoms with van der Waals surface area (Å²) < 4.78 is 0. The van der Waals surface area contributed by atoms with Crippen molar-refractivity contribution < 1.29 is 5.11 Å². The Morgan fingerprint density at radius 2 is 2.04 bits per heavy atom. The van der Waals surface area contributed by atoms with Gasteiger partial charge in [-0.05, 0) is 51.7 Å². The van der Waals surface area contributed by atoms with Gasteiger partial charge in [0.2, 0.25) is 5.13 Å². The number of thiazole rings is 1. The molecule has 122 valence electrons. The monoisotopic (exact) mass is 329 g/mol. The van der Waals surface area contributed by atoms with Crippen LogP contribution in [0.2, 0.25) is 0 Å². The van der Waals surface area contributed by atoms with Gasteiger partial charge in [-0.2, -0.15) is 0 Å². The van der Waals surface area contributed by atoms with Crippen molar-refractivity contribution >= 4 is 28.4 Å². The Bertz CT molecular complexity index is 681. The lowest BCUT2D eigenvalue weighted by Gasteiger charge is -2.21. The van der Waals surface area contributed by atoms with E-state index in [9.17, 15) is 5.11 Å². The van der Waals surface area contributed by atoms with Crippen molar-refractivity contribution in [2.75, 3.05) is 18.0 Å². The second-order valence-electron chi connectivity index (χ2n) is 5.75. The second kappa shape index (κ2) is 7.13. The number of hydrogen-bond acceptors (Lipinski definition) is 5. The average molecular weight is 329 g/mol. The first kappa shape index (κ1) is 16.0. The molecule has 0 atom stereocenters. The van der Waals surface area contributed by atoms with E-state index < -0.39 is 0 Å². The van der Waals surface area contributed by atoms with Crippen molar-refractivity contribution in [2.45, 2.75) is 39.5 Å². The van der Waals surface area contributed by atoms with Gasteiger partial charge in [0.15, 0.2) is 0 Å². The zero-order chi connectivity index (χ0) is 16.2. The summed E-state index contributed by atoms with van der Waals surface area (Å²) in [5.74, 6) is 0.263. The first-order chi connectivity index (χ1) is 11.2. The Kier molecular flexibility index (Phi) is 4.96. The molecular formula is C18H23N3OS. The summed E-state index contributed by atoms with van der Waals surface area (Å²) in [7, 11) is 0. The fraction of sp³-hybridized carbons (Fsp3) is 0.444. The van der Waals surface area contributed by atoms with Gasteiger partial charge in [-0.3, -0.25) is 0 Å². The number of aliphatic imine (C=N–C) groups is 1. The van der Waals surface area contributed by atoms with Gasteiger partial charge < -0.3 is 10.0 Å². The standard InChI is InChI=1S/C18H23N3OS/c1-3-21(4-2)14-10-9-13(16(22)11-14)12-19-18-20-15-7-5-6-8-17(15)23-18/h9-12,22H,3-8H2,1-2H3/b19-12+. The molecule has 0 saturated heterocycles. The third-order valence-electron chi connectivity index (χ3n) is 4.29. The average Bonchev–Trinajstić information content (AvgIpc) is 2.98. The van der Waals surface area contributed by atoms with E-state index in [0.29, 0.717) is 0 Å². The molecule has 3 rings (SSSR count). The van der Waals surface area contributed by atoms with Gasteiger partial charge in [-0.15, -0.1) is 0 Å². The number of phenolic OH excluding ortho intramolecular Hbond substituents is 1. The molecule has 0 aliphatic heterocycles. The first-order valence-corrected chi connectivity index (χ1v) is 9.13. The minimum Gasteiger partial charge on any atom is -0.507 e. The number of benzene rings is 1. The van der Waals surface area contributed by atoms with Crippen LogP contribution >= 0.6 is 11.3 Å². The number of aromatic hydroxyl groups is 1. The molecule has 0 radical (unpaired) electrons. The van der Waals surface area contributed by atoms with Crippen LogP contribution in [0.15, 0.2) is 23.2 Å². The number of nitrogens with zero attached hydrogens (tertiary/aromatic N) is 3. The van der Waals surface area contributed by atoms with E-state index in [1.165, 1.54) is 23.4 Å². The van der Waals surface area contributed by atoms with Gasteiger partial charge in [-0.25, -0.2) is 9.98 Å². The summed E-state index contributed by atoms with van der Waals surface area (Å²) in [4.78, 5) is 12.6. The molecule has 0 unspecified atom stereocenters. The lowest BCUT2D eigenvalue weighted by molar-refractivity contribution is 0.474. The fourth-order valence-corrected chi connectivity index (χ4v) is 3.94. The van der Waals surface area contributed by atoms with E-state index in [2.05, 4.69) is 28.7 Å². The minimum absolute atomic E-state index is 0.263. The van der Waals surface area contributed by atoms with Gasteiger partial charge in [0.1, 0.15) is 5.75 Å². The molecular weight excluding hydrogens is 306 g/mol. The third-order valence-corrected chi connectivity index (χ3v) is 5.36. The molecule has 0 saturated carbocycles. The van der Waals surface area contributed by atoms with E-state index in [0.717, 1.165) is 42.3 Å². The number of rotatable bonds is 5. The Balaban J connectivity index is 1.78. The van der Waals surface area contributed by atoms with Crippen molar-refractivity contribution in [1.29, 1.82) is 0 Å². The molecule has 5 heteroatoms. The first-order valence-electron chi connectivity index (χ1n) is 8.31. The minimum atomic E-state index is 0.263. The number of aromatic nitrogens is 1. The van der Waals surface area contributed by atoms with Gasteiger partial charge >= 0.3 is 0 Å². The maximum Gasteiger partial charge on any atom is 0.209 e. The summed E-state index contributed by atoms with van der Waals surface area (Å²) in [6.45, 7) is 6.07. The lowest BCUT2D eigenvalue weighted by atomic mass is 10.0. The maximum absolute atomic E-state index is 10.2. The predicted octanol–water partition coefficient (Wildman–Crippen LogP) is 4.32. The van der Waals surface area contributed by atoms with Crippen LogP contribution in [0.3, 0.4) is 0 Å². The van der Waals surface area contributed by atoms with E-state index in [4.69, 9.17) is 0 Å². The Labute approximate surface area is 141 Å². The van der Waals surface area contributed by atoms with Crippen LogP contribution in [0, 0.1) is 0 Å². The Morgan fingerprint density at radius 3 is 2.74 bits per heavy atom.